The SMILES string of the molecule is CN1CCCN(C)C1=O.CN1CCCN(C)C1=O.FC(F)F.[I-].[Zn+2]. The van der Waals surface area contributed by atoms with Gasteiger partial charge in [0.25, 0.3) is 0 Å². The van der Waals surface area contributed by atoms with E-state index < -0.39 is 6.68 Å². The van der Waals surface area contributed by atoms with Crippen LogP contribution < -0.4 is 24.0 Å². The largest absolute Gasteiger partial charge is 2.00 e. The molecule has 138 valence electrons. The smallest absolute Gasteiger partial charge is 1.00 e. The van der Waals surface area contributed by atoms with Crippen LogP contribution in [0.4, 0.5) is 22.8 Å². The fraction of sp³-hybridized carbons (Fsp3) is 0.846. The van der Waals surface area contributed by atoms with Gasteiger partial charge in [-0.3, -0.25) is 0 Å². The van der Waals surface area contributed by atoms with Crippen molar-refractivity contribution in [2.75, 3.05) is 54.4 Å². The number of carbonyl (C=O) groups is 2. The fourth-order valence-corrected chi connectivity index (χ4v) is 2.06. The van der Waals surface area contributed by atoms with Crippen LogP contribution in [0.5, 0.6) is 0 Å². The van der Waals surface area contributed by atoms with Gasteiger partial charge in [-0.25, -0.2) is 9.59 Å². The van der Waals surface area contributed by atoms with Gasteiger partial charge in [0, 0.05) is 54.4 Å². The van der Waals surface area contributed by atoms with Gasteiger partial charge in [-0.1, -0.05) is 0 Å². The molecule has 0 aromatic carbocycles. The quantitative estimate of drug-likeness (QED) is 0.303. The van der Waals surface area contributed by atoms with E-state index in [9.17, 15) is 22.8 Å². The van der Waals surface area contributed by atoms with E-state index in [1.807, 2.05) is 28.2 Å². The van der Waals surface area contributed by atoms with Gasteiger partial charge in [0.2, 0.25) is 0 Å². The summed E-state index contributed by atoms with van der Waals surface area (Å²) in [4.78, 5) is 28.9. The predicted molar refractivity (Wildman–Crippen MR) is 77.7 cm³/mol. The third-order valence-electron chi connectivity index (χ3n) is 3.28. The summed E-state index contributed by atoms with van der Waals surface area (Å²) in [6.45, 7) is -0.0430. The maximum absolute atomic E-state index is 11.0. The van der Waals surface area contributed by atoms with Gasteiger partial charge in [-0.2, -0.15) is 13.2 Å². The maximum atomic E-state index is 11.0. The Kier molecular flexibility index (Phi) is 17.8. The number of nitrogens with zero attached hydrogens (tertiary/aromatic N) is 4. The Balaban J connectivity index is -0.000000283. The van der Waals surface area contributed by atoms with Gasteiger partial charge in [0.05, 0.1) is 0 Å². The van der Waals surface area contributed by atoms with Crippen molar-refractivity contribution in [2.45, 2.75) is 19.5 Å². The molecule has 0 radical (unpaired) electrons. The zero-order chi connectivity index (χ0) is 17.3. The molecular formula is C13H25F3IN4O2Zn+. The fourth-order valence-electron chi connectivity index (χ4n) is 2.06. The third kappa shape index (κ3) is 12.1. The van der Waals surface area contributed by atoms with Crippen LogP contribution in [0.15, 0.2) is 0 Å². The van der Waals surface area contributed by atoms with Gasteiger partial charge >= 0.3 is 38.2 Å². The van der Waals surface area contributed by atoms with E-state index in [1.165, 1.54) is 0 Å². The summed E-state index contributed by atoms with van der Waals surface area (Å²) in [7, 11) is 7.33. The number of hydrogen-bond acceptors (Lipinski definition) is 2. The second-order valence-corrected chi connectivity index (χ2v) is 5.21. The average molecular weight is 519 g/mol. The van der Waals surface area contributed by atoms with Crippen molar-refractivity contribution >= 4 is 12.1 Å². The normalized spacial score (nSPS) is 17.2. The number of alkyl halides is 3. The van der Waals surface area contributed by atoms with Crippen molar-refractivity contribution < 1.29 is 66.2 Å². The molecule has 2 fully saturated rings. The Morgan fingerprint density at radius 1 is 0.708 bits per heavy atom. The number of urea groups is 2. The standard InChI is InChI=1S/2C6H12N2O.CHF3.HI.Zn/c2*1-7-4-3-5-8(2)6(7)9;2-1(3)4;;/h2*3-5H2,1-2H3;1H;1H;/q;;;;+2/p-1. The second-order valence-electron chi connectivity index (χ2n) is 5.21. The summed E-state index contributed by atoms with van der Waals surface area (Å²) < 4.78 is 29.0. The minimum atomic E-state index is -3.67. The third-order valence-corrected chi connectivity index (χ3v) is 3.28. The predicted octanol–water partition coefficient (Wildman–Crippen LogP) is -1.07. The van der Waals surface area contributed by atoms with Crippen LogP contribution in [0.2, 0.25) is 0 Å². The van der Waals surface area contributed by atoms with Crippen LogP contribution in [-0.4, -0.2) is 92.7 Å². The molecule has 2 aliphatic rings. The van der Waals surface area contributed by atoms with Gasteiger partial charge < -0.3 is 43.6 Å². The first-order chi connectivity index (χ1) is 10.2. The molecule has 2 rings (SSSR count). The Morgan fingerprint density at radius 2 is 0.875 bits per heavy atom. The molecule has 0 saturated carbocycles. The molecule has 2 aliphatic heterocycles. The van der Waals surface area contributed by atoms with Crippen LogP contribution in [-0.2, 0) is 19.5 Å². The molecule has 0 unspecified atom stereocenters. The summed E-state index contributed by atoms with van der Waals surface area (Å²) in [5, 5.41) is 0. The van der Waals surface area contributed by atoms with Crippen LogP contribution in [0.3, 0.4) is 0 Å². The number of hydrogen-bond donors (Lipinski definition) is 0. The minimum Gasteiger partial charge on any atom is -1.00 e. The van der Waals surface area contributed by atoms with Crippen molar-refractivity contribution in [1.29, 1.82) is 0 Å². The van der Waals surface area contributed by atoms with Crippen LogP contribution >= 0.6 is 0 Å². The van der Waals surface area contributed by atoms with Crippen molar-refractivity contribution in [1.82, 2.24) is 19.6 Å². The molecule has 0 spiro atoms. The molecular weight excluding hydrogens is 493 g/mol. The van der Waals surface area contributed by atoms with Gasteiger partial charge in [-0.05, 0) is 12.8 Å². The first-order valence-corrected chi connectivity index (χ1v) is 7.01. The Hall–Kier alpha value is -0.317. The topological polar surface area (TPSA) is 47.1 Å². The number of amides is 4. The molecule has 0 atom stereocenters. The van der Waals surface area contributed by atoms with Crippen LogP contribution in [0.1, 0.15) is 12.8 Å². The first kappa shape index (κ1) is 28.5. The summed E-state index contributed by atoms with van der Waals surface area (Å²) in [5.74, 6) is 0. The molecule has 2 heterocycles. The van der Waals surface area contributed by atoms with E-state index in [0.717, 1.165) is 39.0 Å². The van der Waals surface area contributed by atoms with Crippen molar-refractivity contribution in [3.8, 4) is 0 Å². The van der Waals surface area contributed by atoms with E-state index in [4.69, 9.17) is 0 Å². The van der Waals surface area contributed by atoms with E-state index in [2.05, 4.69) is 0 Å². The summed E-state index contributed by atoms with van der Waals surface area (Å²) in [6.07, 6.45) is 2.19. The van der Waals surface area contributed by atoms with Crippen LogP contribution in [0.25, 0.3) is 0 Å². The van der Waals surface area contributed by atoms with Crippen LogP contribution in [0, 0.1) is 0 Å². The monoisotopic (exact) mass is 517 g/mol. The van der Waals surface area contributed by atoms with E-state index in [-0.39, 0.29) is 55.5 Å². The number of carbonyl (C=O) groups excluding carboxylic acids is 2. The molecule has 0 N–H and O–H groups in total. The Morgan fingerprint density at radius 3 is 1.00 bits per heavy atom. The van der Waals surface area contributed by atoms with E-state index in [0.29, 0.717) is 0 Å². The second kappa shape index (κ2) is 15.0. The van der Waals surface area contributed by atoms with E-state index in [1.54, 1.807) is 19.6 Å². The maximum Gasteiger partial charge on any atom is 2.00 e. The van der Waals surface area contributed by atoms with Gasteiger partial charge in [0.1, 0.15) is 0 Å². The van der Waals surface area contributed by atoms with Crippen molar-refractivity contribution in [2.24, 2.45) is 0 Å². The molecule has 0 bridgehead atoms. The zero-order valence-electron chi connectivity index (χ0n) is 14.6. The van der Waals surface area contributed by atoms with Crippen molar-refractivity contribution in [3.63, 3.8) is 0 Å². The molecule has 0 aliphatic carbocycles. The van der Waals surface area contributed by atoms with Gasteiger partial charge in [-0.15, -0.1) is 0 Å². The summed E-state index contributed by atoms with van der Waals surface area (Å²) in [6, 6.07) is 0.280. The zero-order valence-corrected chi connectivity index (χ0v) is 19.8. The molecule has 0 aromatic heterocycles. The first-order valence-electron chi connectivity index (χ1n) is 7.01. The van der Waals surface area contributed by atoms with Crippen molar-refractivity contribution in [3.05, 3.63) is 0 Å². The molecule has 4 amide bonds. The van der Waals surface area contributed by atoms with E-state index >= 15 is 0 Å². The minimum absolute atomic E-state index is 0. The summed E-state index contributed by atoms with van der Waals surface area (Å²) >= 11 is 0. The molecule has 24 heavy (non-hydrogen) atoms. The summed E-state index contributed by atoms with van der Waals surface area (Å²) in [5.41, 5.74) is 0. The molecule has 11 heteroatoms. The molecule has 2 saturated heterocycles. The molecule has 0 aromatic rings. The Labute approximate surface area is 171 Å². The Bertz CT molecular complexity index is 313. The molecule has 6 nitrogen and oxygen atoms in total. The number of rotatable bonds is 0. The van der Waals surface area contributed by atoms with Gasteiger partial charge in [0.15, 0.2) is 0 Å². The average Bonchev–Trinajstić information content (AvgIpc) is 2.42. The number of halogens is 4.